The monoisotopic (exact) mass is 1090 g/mol. The number of likely N-dealkylation sites (tertiary alicyclic amines) is 1. The molecule has 8 rings (SSSR count). The molecule has 1 aromatic heterocycles. The molecule has 0 bridgehead atoms. The predicted octanol–water partition coefficient (Wildman–Crippen LogP) is 6.26. The molecule has 1 aliphatic carbocycles. The fraction of sp³-hybridized carbons (Fsp3) is 0.525. The standard InChI is InChI=1S/C59H76N8O10S/c1-33-51(78-32-62-33)40-18-12-35(13-19-40)29-61-53(71)46-28-43(68)30-66(46)56(74)52(58(3,4)5)65-49(70)26-37-24-42(25-37)38-16-14-36(15-17-38)31-76-34(2)44(22-23-48(60)69)63-54(72)47-27-41-11-9-10-39-20-21-45(55(73)67(47)50(39)41)64-57(75)77-59(6,7)8/h9-19,32,34,37,42-47,52,68H,20-31H2,1-8H3,(H2,60,69)(H,61,71)(H,63,72)(H,64,75)(H,65,70)/t34-,37?,42?,43-,44+,45+,46+,47+,52-/m1/s1. The molecule has 0 spiro atoms. The molecule has 0 unspecified atom stereocenters. The number of benzene rings is 3. The minimum absolute atomic E-state index is 0.00310. The number of β-amino-alcohol motifs (C(OH)–C–C–N with tert-alkyl or cyclic N) is 1. The number of primary amides is 1. The van der Waals surface area contributed by atoms with Crippen LogP contribution < -0.4 is 31.9 Å². The molecule has 4 aliphatic rings. The first-order valence-corrected chi connectivity index (χ1v) is 28.1. The number of aromatic nitrogens is 1. The van der Waals surface area contributed by atoms with E-state index in [2.05, 4.69) is 38.4 Å². The predicted molar refractivity (Wildman–Crippen MR) is 296 cm³/mol. The molecule has 418 valence electrons. The van der Waals surface area contributed by atoms with Crippen molar-refractivity contribution in [3.05, 3.63) is 106 Å². The molecule has 2 fully saturated rings. The number of nitrogens with two attached hydrogens (primary N) is 1. The van der Waals surface area contributed by atoms with Crippen molar-refractivity contribution in [1.29, 1.82) is 0 Å². The van der Waals surface area contributed by atoms with Crippen molar-refractivity contribution in [2.45, 2.75) is 180 Å². The number of carbonyl (C=O) groups excluding carboxylic acids is 7. The Balaban J connectivity index is 0.813. The number of anilines is 1. The number of hydrogen-bond donors (Lipinski definition) is 6. The van der Waals surface area contributed by atoms with Crippen LogP contribution in [0.4, 0.5) is 10.5 Å². The lowest BCUT2D eigenvalue weighted by Gasteiger charge is -2.38. The summed E-state index contributed by atoms with van der Waals surface area (Å²) in [5.74, 6) is -1.98. The Labute approximate surface area is 461 Å². The van der Waals surface area contributed by atoms with E-state index in [4.69, 9.17) is 15.2 Å². The molecule has 4 aromatic rings. The van der Waals surface area contributed by atoms with Crippen molar-refractivity contribution in [1.82, 2.24) is 31.2 Å². The number of thiazole rings is 1. The van der Waals surface area contributed by atoms with E-state index >= 15 is 0 Å². The summed E-state index contributed by atoms with van der Waals surface area (Å²) in [6.45, 7) is 15.1. The Kier molecular flexibility index (Phi) is 17.8. The van der Waals surface area contributed by atoms with Crippen LogP contribution in [0.3, 0.4) is 0 Å². The van der Waals surface area contributed by atoms with Crippen molar-refractivity contribution < 1.29 is 48.1 Å². The van der Waals surface area contributed by atoms with Crippen LogP contribution in [0.5, 0.6) is 0 Å². The SMILES string of the molecule is Cc1ncsc1-c1ccc(CNC(=O)[C@@H]2C[C@@H](O)CN2C(=O)[C@@H](NC(=O)CC2CC(c3ccc(CO[C@H](C)[C@H](CCC(N)=O)NC(=O)[C@@H]4Cc5cccc6c5N4C(=O)[C@@H](NC(=O)OC(C)(C)C)CC6)cc3)C2)C(C)(C)C)cc1. The van der Waals surface area contributed by atoms with Gasteiger partial charge < -0.3 is 46.5 Å². The first-order chi connectivity index (χ1) is 36.9. The van der Waals surface area contributed by atoms with Crippen LogP contribution in [-0.4, -0.2) is 111 Å². The minimum Gasteiger partial charge on any atom is -0.444 e. The highest BCUT2D eigenvalue weighted by Crippen LogP contribution is 2.44. The van der Waals surface area contributed by atoms with E-state index in [-0.39, 0.29) is 75.5 Å². The molecule has 1 saturated carbocycles. The topological polar surface area (TPSA) is 252 Å². The maximum Gasteiger partial charge on any atom is 0.408 e. The van der Waals surface area contributed by atoms with Crippen molar-refractivity contribution in [2.75, 3.05) is 11.4 Å². The molecule has 0 radical (unpaired) electrons. The van der Waals surface area contributed by atoms with Gasteiger partial charge in [-0.15, -0.1) is 11.3 Å². The summed E-state index contributed by atoms with van der Waals surface area (Å²) >= 11 is 1.57. The van der Waals surface area contributed by atoms with E-state index in [1.807, 2.05) is 94.7 Å². The Morgan fingerprint density at radius 3 is 2.23 bits per heavy atom. The number of aryl methyl sites for hydroxylation is 2. The van der Waals surface area contributed by atoms with Gasteiger partial charge in [0.15, 0.2) is 0 Å². The van der Waals surface area contributed by atoms with Crippen LogP contribution in [0.15, 0.2) is 72.2 Å². The lowest BCUT2D eigenvalue weighted by atomic mass is 9.70. The second-order valence-corrected chi connectivity index (χ2v) is 24.5. The lowest BCUT2D eigenvalue weighted by Crippen LogP contribution is -2.58. The zero-order valence-electron chi connectivity index (χ0n) is 46.1. The van der Waals surface area contributed by atoms with Crippen LogP contribution in [0.1, 0.15) is 133 Å². The fourth-order valence-corrected chi connectivity index (χ4v) is 11.9. The minimum atomic E-state index is -0.917. The maximum atomic E-state index is 14.3. The van der Waals surface area contributed by atoms with Gasteiger partial charge in [-0.1, -0.05) is 87.5 Å². The van der Waals surface area contributed by atoms with Crippen LogP contribution in [0.25, 0.3) is 10.4 Å². The zero-order valence-corrected chi connectivity index (χ0v) is 46.9. The van der Waals surface area contributed by atoms with Gasteiger partial charge in [0.1, 0.15) is 29.8 Å². The second-order valence-electron chi connectivity index (χ2n) is 23.7. The van der Waals surface area contributed by atoms with Crippen LogP contribution in [-0.2, 0) is 64.2 Å². The highest BCUT2D eigenvalue weighted by Gasteiger charge is 2.47. The summed E-state index contributed by atoms with van der Waals surface area (Å²) in [4.78, 5) is 103. The molecular formula is C59H76N8O10S. The zero-order chi connectivity index (χ0) is 56.2. The molecule has 19 heteroatoms. The highest BCUT2D eigenvalue weighted by atomic mass is 32.1. The van der Waals surface area contributed by atoms with E-state index < -0.39 is 83.2 Å². The summed E-state index contributed by atoms with van der Waals surface area (Å²) in [5.41, 5.74) is 13.3. The smallest absolute Gasteiger partial charge is 0.408 e. The van der Waals surface area contributed by atoms with Gasteiger partial charge in [0, 0.05) is 38.8 Å². The second kappa shape index (κ2) is 24.1. The molecule has 3 aromatic carbocycles. The number of nitrogens with zero attached hydrogens (tertiary/aromatic N) is 3. The largest absolute Gasteiger partial charge is 0.444 e. The van der Waals surface area contributed by atoms with Crippen molar-refractivity contribution >= 4 is 58.6 Å². The number of para-hydroxylation sites is 1. The van der Waals surface area contributed by atoms with Crippen LogP contribution >= 0.6 is 11.3 Å². The molecular weight excluding hydrogens is 1010 g/mol. The number of hydrogen-bond acceptors (Lipinski definition) is 12. The van der Waals surface area contributed by atoms with E-state index in [0.29, 0.717) is 18.5 Å². The average molecular weight is 1090 g/mol. The molecule has 78 heavy (non-hydrogen) atoms. The number of aliphatic hydroxyl groups is 1. The van der Waals surface area contributed by atoms with Gasteiger partial charge in [0.2, 0.25) is 35.4 Å². The Morgan fingerprint density at radius 2 is 1.58 bits per heavy atom. The number of alkyl carbamates (subject to hydrolysis) is 1. The quantitative estimate of drug-likeness (QED) is 0.0611. The molecule has 7 amide bonds. The number of aliphatic hydroxyl groups excluding tert-OH is 1. The number of ether oxygens (including phenoxy) is 2. The Morgan fingerprint density at radius 1 is 0.885 bits per heavy atom. The average Bonchev–Trinajstić information content (AvgIpc) is 4.32. The van der Waals surface area contributed by atoms with Crippen LogP contribution in [0.2, 0.25) is 0 Å². The lowest BCUT2D eigenvalue weighted by molar-refractivity contribution is -0.144. The Hall–Kier alpha value is -6.70. The summed E-state index contributed by atoms with van der Waals surface area (Å²) in [6, 6.07) is 17.5. The number of carbonyl (C=O) groups is 7. The van der Waals surface area contributed by atoms with Gasteiger partial charge >= 0.3 is 6.09 Å². The fourth-order valence-electron chi connectivity index (χ4n) is 11.1. The molecule has 3 aliphatic heterocycles. The van der Waals surface area contributed by atoms with Gasteiger partial charge in [-0.2, -0.15) is 0 Å². The van der Waals surface area contributed by atoms with E-state index in [0.717, 1.165) is 56.8 Å². The normalized spacial score (nSPS) is 22.0. The summed E-state index contributed by atoms with van der Waals surface area (Å²) in [7, 11) is 0. The van der Waals surface area contributed by atoms with Crippen molar-refractivity contribution in [2.24, 2.45) is 17.1 Å². The number of rotatable bonds is 19. The van der Waals surface area contributed by atoms with E-state index in [1.54, 1.807) is 32.1 Å². The third-order valence-corrected chi connectivity index (χ3v) is 16.4. The van der Waals surface area contributed by atoms with Crippen molar-refractivity contribution in [3.63, 3.8) is 0 Å². The number of nitrogens with one attached hydrogen (secondary N) is 4. The highest BCUT2D eigenvalue weighted by molar-refractivity contribution is 7.13. The summed E-state index contributed by atoms with van der Waals surface area (Å²) in [6.07, 6.45) is 1.14. The first-order valence-electron chi connectivity index (χ1n) is 27.2. The number of amides is 7. The first kappa shape index (κ1) is 57.5. The molecule has 1 saturated heterocycles. The Bertz CT molecular complexity index is 2850. The maximum absolute atomic E-state index is 14.3. The third kappa shape index (κ3) is 13.9. The van der Waals surface area contributed by atoms with Gasteiger partial charge in [0.25, 0.3) is 0 Å². The third-order valence-electron chi connectivity index (χ3n) is 15.4. The van der Waals surface area contributed by atoms with E-state index in [1.165, 1.54) is 9.80 Å². The molecule has 18 nitrogen and oxygen atoms in total. The van der Waals surface area contributed by atoms with E-state index in [9.17, 15) is 38.7 Å². The molecule has 7 N–H and O–H groups in total. The van der Waals surface area contributed by atoms with Gasteiger partial charge in [-0.25, -0.2) is 9.78 Å². The van der Waals surface area contributed by atoms with Crippen LogP contribution in [0, 0.1) is 18.3 Å². The van der Waals surface area contributed by atoms with Gasteiger partial charge in [-0.3, -0.25) is 33.7 Å². The van der Waals surface area contributed by atoms with Gasteiger partial charge in [-0.05, 0) is 117 Å². The molecule has 4 heterocycles. The summed E-state index contributed by atoms with van der Waals surface area (Å²) in [5, 5.41) is 22.5. The van der Waals surface area contributed by atoms with Gasteiger partial charge in [0.05, 0.1) is 46.6 Å². The summed E-state index contributed by atoms with van der Waals surface area (Å²) < 4.78 is 11.8. The molecule has 7 atom stereocenters. The van der Waals surface area contributed by atoms with Crippen molar-refractivity contribution in [3.8, 4) is 10.4 Å².